The maximum absolute atomic E-state index is 10.8. The minimum atomic E-state index is -0.129. The standard InChI is InChI=1S/C12H18N2O2.ClH/c1-10-3-5-11(6-4-10)16-8-2-7-14-12(15)9-13;/h3-6H,2,7-9,13H2,1H3,(H,14,15);1H. The molecule has 0 bridgehead atoms. The van der Waals surface area contributed by atoms with Crippen molar-refractivity contribution in [3.8, 4) is 5.75 Å². The Labute approximate surface area is 108 Å². The molecule has 1 amide bonds. The van der Waals surface area contributed by atoms with Gasteiger partial charge in [-0.15, -0.1) is 12.4 Å². The van der Waals surface area contributed by atoms with Crippen LogP contribution in [0.1, 0.15) is 12.0 Å². The van der Waals surface area contributed by atoms with Crippen molar-refractivity contribution in [1.29, 1.82) is 0 Å². The van der Waals surface area contributed by atoms with Gasteiger partial charge in [0.2, 0.25) is 5.91 Å². The lowest BCUT2D eigenvalue weighted by Gasteiger charge is -2.06. The number of nitrogens with one attached hydrogen (secondary N) is 1. The highest BCUT2D eigenvalue weighted by Crippen LogP contribution is 2.11. The van der Waals surface area contributed by atoms with Gasteiger partial charge in [-0.3, -0.25) is 4.79 Å². The molecular weight excluding hydrogens is 240 g/mol. The summed E-state index contributed by atoms with van der Waals surface area (Å²) in [7, 11) is 0. The van der Waals surface area contributed by atoms with Crippen LogP contribution in [0.4, 0.5) is 0 Å². The van der Waals surface area contributed by atoms with Crippen molar-refractivity contribution >= 4 is 18.3 Å². The van der Waals surface area contributed by atoms with Gasteiger partial charge in [0.1, 0.15) is 5.75 Å². The zero-order valence-electron chi connectivity index (χ0n) is 9.94. The van der Waals surface area contributed by atoms with Gasteiger partial charge in [0.05, 0.1) is 13.2 Å². The summed E-state index contributed by atoms with van der Waals surface area (Å²) >= 11 is 0. The van der Waals surface area contributed by atoms with Crippen LogP contribution in [-0.2, 0) is 4.79 Å². The fourth-order valence-corrected chi connectivity index (χ4v) is 1.20. The van der Waals surface area contributed by atoms with E-state index in [1.165, 1.54) is 5.56 Å². The molecule has 0 saturated heterocycles. The van der Waals surface area contributed by atoms with E-state index < -0.39 is 0 Å². The summed E-state index contributed by atoms with van der Waals surface area (Å²) < 4.78 is 5.49. The molecule has 96 valence electrons. The molecule has 1 rings (SSSR count). The topological polar surface area (TPSA) is 64.3 Å². The molecule has 0 aliphatic heterocycles. The van der Waals surface area contributed by atoms with Gasteiger partial charge in [-0.25, -0.2) is 0 Å². The first-order valence-electron chi connectivity index (χ1n) is 5.38. The molecule has 0 radical (unpaired) electrons. The van der Waals surface area contributed by atoms with Crippen molar-refractivity contribution in [2.24, 2.45) is 5.73 Å². The largest absolute Gasteiger partial charge is 0.494 e. The van der Waals surface area contributed by atoms with Crippen LogP contribution in [0, 0.1) is 6.92 Å². The van der Waals surface area contributed by atoms with Gasteiger partial charge in [0, 0.05) is 6.54 Å². The summed E-state index contributed by atoms with van der Waals surface area (Å²) in [6.07, 6.45) is 0.777. The number of benzene rings is 1. The normalized spacial score (nSPS) is 9.29. The quantitative estimate of drug-likeness (QED) is 0.755. The number of ether oxygens (including phenoxy) is 1. The predicted octanol–water partition coefficient (Wildman–Crippen LogP) is 1.26. The number of carbonyl (C=O) groups excluding carboxylic acids is 1. The van der Waals surface area contributed by atoms with Crippen LogP contribution >= 0.6 is 12.4 Å². The van der Waals surface area contributed by atoms with Crippen LogP contribution in [0.15, 0.2) is 24.3 Å². The minimum Gasteiger partial charge on any atom is -0.494 e. The monoisotopic (exact) mass is 258 g/mol. The van der Waals surface area contributed by atoms with Crippen LogP contribution in [0.2, 0.25) is 0 Å². The van der Waals surface area contributed by atoms with E-state index in [0.717, 1.165) is 12.2 Å². The second-order valence-electron chi connectivity index (χ2n) is 3.57. The Hall–Kier alpha value is -1.26. The van der Waals surface area contributed by atoms with Crippen LogP contribution < -0.4 is 15.8 Å². The van der Waals surface area contributed by atoms with E-state index in [-0.39, 0.29) is 24.9 Å². The maximum Gasteiger partial charge on any atom is 0.233 e. The molecule has 0 fully saturated rings. The third kappa shape index (κ3) is 6.81. The molecule has 4 nitrogen and oxygen atoms in total. The summed E-state index contributed by atoms with van der Waals surface area (Å²) in [5.41, 5.74) is 6.36. The van der Waals surface area contributed by atoms with Crippen molar-refractivity contribution in [3.05, 3.63) is 29.8 Å². The Balaban J connectivity index is 0.00000256. The highest BCUT2D eigenvalue weighted by molar-refractivity contribution is 5.85. The van der Waals surface area contributed by atoms with Crippen molar-refractivity contribution in [2.75, 3.05) is 19.7 Å². The van der Waals surface area contributed by atoms with Crippen LogP contribution in [0.3, 0.4) is 0 Å². The molecule has 1 aromatic rings. The summed E-state index contributed by atoms with van der Waals surface area (Å²) in [5.74, 6) is 0.728. The molecule has 1 aromatic carbocycles. The van der Waals surface area contributed by atoms with E-state index in [4.69, 9.17) is 10.5 Å². The average Bonchev–Trinajstić information content (AvgIpc) is 2.31. The number of hydrogen-bond acceptors (Lipinski definition) is 3. The van der Waals surface area contributed by atoms with Gasteiger partial charge in [0.25, 0.3) is 0 Å². The number of amides is 1. The highest BCUT2D eigenvalue weighted by atomic mass is 35.5. The molecule has 0 spiro atoms. The summed E-state index contributed by atoms with van der Waals surface area (Å²) in [6.45, 7) is 3.26. The SMILES string of the molecule is Cc1ccc(OCCCNC(=O)CN)cc1.Cl. The lowest BCUT2D eigenvalue weighted by Crippen LogP contribution is -2.31. The number of rotatable bonds is 6. The zero-order chi connectivity index (χ0) is 11.8. The van der Waals surface area contributed by atoms with Crippen LogP contribution in [0.5, 0.6) is 5.75 Å². The summed E-state index contributed by atoms with van der Waals surface area (Å²) in [4.78, 5) is 10.8. The highest BCUT2D eigenvalue weighted by Gasteiger charge is 1.96. The molecule has 0 atom stereocenters. The van der Waals surface area contributed by atoms with Gasteiger partial charge in [-0.2, -0.15) is 0 Å². The van der Waals surface area contributed by atoms with Crippen molar-refractivity contribution < 1.29 is 9.53 Å². The summed E-state index contributed by atoms with van der Waals surface area (Å²) in [6, 6.07) is 7.89. The number of aryl methyl sites for hydroxylation is 1. The van der Waals surface area contributed by atoms with Crippen LogP contribution in [-0.4, -0.2) is 25.6 Å². The second kappa shape index (κ2) is 8.84. The Morgan fingerprint density at radius 2 is 2.00 bits per heavy atom. The predicted molar refractivity (Wildman–Crippen MR) is 70.6 cm³/mol. The van der Waals surface area contributed by atoms with Gasteiger partial charge in [-0.05, 0) is 25.5 Å². The van der Waals surface area contributed by atoms with E-state index in [9.17, 15) is 4.79 Å². The number of hydrogen-bond donors (Lipinski definition) is 2. The third-order valence-corrected chi connectivity index (χ3v) is 2.12. The molecular formula is C12H19ClN2O2. The van der Waals surface area contributed by atoms with Crippen molar-refractivity contribution in [1.82, 2.24) is 5.32 Å². The first-order chi connectivity index (χ1) is 7.72. The molecule has 0 aliphatic rings. The summed E-state index contributed by atoms with van der Waals surface area (Å²) in [5, 5.41) is 2.68. The molecule has 0 aliphatic carbocycles. The molecule has 0 unspecified atom stereocenters. The molecule has 3 N–H and O–H groups in total. The fourth-order valence-electron chi connectivity index (χ4n) is 1.20. The maximum atomic E-state index is 10.8. The van der Waals surface area contributed by atoms with Crippen molar-refractivity contribution in [3.63, 3.8) is 0 Å². The Bertz CT molecular complexity index is 328. The molecule has 0 aromatic heterocycles. The zero-order valence-corrected chi connectivity index (χ0v) is 10.8. The van der Waals surface area contributed by atoms with E-state index in [1.807, 2.05) is 31.2 Å². The fraction of sp³-hybridized carbons (Fsp3) is 0.417. The van der Waals surface area contributed by atoms with E-state index in [2.05, 4.69) is 5.32 Å². The molecule has 0 saturated carbocycles. The van der Waals surface area contributed by atoms with Gasteiger partial charge in [-0.1, -0.05) is 17.7 Å². The molecule has 17 heavy (non-hydrogen) atoms. The average molecular weight is 259 g/mol. The lowest BCUT2D eigenvalue weighted by atomic mass is 10.2. The Morgan fingerprint density at radius 3 is 2.59 bits per heavy atom. The molecule has 5 heteroatoms. The number of carbonyl (C=O) groups is 1. The lowest BCUT2D eigenvalue weighted by molar-refractivity contribution is -0.119. The Morgan fingerprint density at radius 1 is 1.35 bits per heavy atom. The van der Waals surface area contributed by atoms with Crippen molar-refractivity contribution in [2.45, 2.75) is 13.3 Å². The van der Waals surface area contributed by atoms with Gasteiger partial charge in [0.15, 0.2) is 0 Å². The van der Waals surface area contributed by atoms with E-state index in [1.54, 1.807) is 0 Å². The van der Waals surface area contributed by atoms with Gasteiger partial charge < -0.3 is 15.8 Å². The van der Waals surface area contributed by atoms with Crippen LogP contribution in [0.25, 0.3) is 0 Å². The number of halogens is 1. The second-order valence-corrected chi connectivity index (χ2v) is 3.57. The molecule has 0 heterocycles. The van der Waals surface area contributed by atoms with E-state index >= 15 is 0 Å². The minimum absolute atomic E-state index is 0. The Kier molecular flexibility index (Phi) is 8.19. The van der Waals surface area contributed by atoms with E-state index in [0.29, 0.717) is 13.2 Å². The first kappa shape index (κ1) is 15.7. The third-order valence-electron chi connectivity index (χ3n) is 2.12. The first-order valence-corrected chi connectivity index (χ1v) is 5.38. The smallest absolute Gasteiger partial charge is 0.233 e. The number of nitrogens with two attached hydrogens (primary N) is 1. The van der Waals surface area contributed by atoms with Gasteiger partial charge >= 0.3 is 0 Å².